The Hall–Kier alpha value is -1.07. The van der Waals surface area contributed by atoms with Crippen LogP contribution in [0.4, 0.5) is 0 Å². The monoisotopic (exact) mass is 312 g/mol. The van der Waals surface area contributed by atoms with Gasteiger partial charge in [0, 0.05) is 31.2 Å². The van der Waals surface area contributed by atoms with Crippen molar-refractivity contribution in [2.24, 2.45) is 0 Å². The predicted octanol–water partition coefficient (Wildman–Crippen LogP) is 1.89. The van der Waals surface area contributed by atoms with E-state index >= 15 is 0 Å². The number of rotatable bonds is 2. The molecular formula is C13H17BrN2O2. The van der Waals surface area contributed by atoms with E-state index in [9.17, 15) is 4.79 Å². The zero-order valence-electron chi connectivity index (χ0n) is 10.6. The standard InChI is InChI=1S/C13H17BrN2O2/c1-9-8-15-5-6-16(9)13(17)10-3-4-12(18-2)11(14)7-10/h3-4,7,9,15H,5-6,8H2,1-2H3/t9-/m0/s1. The lowest BCUT2D eigenvalue weighted by molar-refractivity contribution is 0.0655. The molecule has 0 bridgehead atoms. The Morgan fingerprint density at radius 3 is 2.94 bits per heavy atom. The number of hydrogen-bond donors (Lipinski definition) is 1. The summed E-state index contributed by atoms with van der Waals surface area (Å²) in [5.74, 6) is 0.812. The molecule has 4 nitrogen and oxygen atoms in total. The Bertz CT molecular complexity index is 451. The number of nitrogens with one attached hydrogen (secondary N) is 1. The minimum Gasteiger partial charge on any atom is -0.496 e. The maximum absolute atomic E-state index is 12.4. The number of piperazine rings is 1. The zero-order chi connectivity index (χ0) is 13.1. The summed E-state index contributed by atoms with van der Waals surface area (Å²) < 4.78 is 5.97. The Morgan fingerprint density at radius 1 is 1.56 bits per heavy atom. The van der Waals surface area contributed by atoms with Crippen LogP contribution in [0.1, 0.15) is 17.3 Å². The van der Waals surface area contributed by atoms with Gasteiger partial charge in [-0.25, -0.2) is 0 Å². The van der Waals surface area contributed by atoms with E-state index in [1.807, 2.05) is 17.0 Å². The van der Waals surface area contributed by atoms with Crippen LogP contribution in [-0.2, 0) is 0 Å². The molecule has 1 aliphatic heterocycles. The number of amides is 1. The molecule has 0 radical (unpaired) electrons. The smallest absolute Gasteiger partial charge is 0.254 e. The van der Waals surface area contributed by atoms with Crippen LogP contribution in [0.15, 0.2) is 22.7 Å². The summed E-state index contributed by atoms with van der Waals surface area (Å²) in [7, 11) is 1.61. The number of carbonyl (C=O) groups is 1. The highest BCUT2D eigenvalue weighted by atomic mass is 79.9. The third-order valence-corrected chi connectivity index (χ3v) is 3.78. The molecule has 1 aromatic rings. The summed E-state index contributed by atoms with van der Waals surface area (Å²) in [5.41, 5.74) is 0.691. The fourth-order valence-electron chi connectivity index (χ4n) is 2.11. The molecule has 1 heterocycles. The Labute approximate surface area is 115 Å². The van der Waals surface area contributed by atoms with Gasteiger partial charge in [0.05, 0.1) is 11.6 Å². The lowest BCUT2D eigenvalue weighted by Gasteiger charge is -2.34. The number of benzene rings is 1. The number of nitrogens with zero attached hydrogens (tertiary/aromatic N) is 1. The van der Waals surface area contributed by atoms with Crippen molar-refractivity contribution in [2.75, 3.05) is 26.7 Å². The van der Waals surface area contributed by atoms with Crippen LogP contribution < -0.4 is 10.1 Å². The van der Waals surface area contributed by atoms with Gasteiger partial charge in [0.15, 0.2) is 0 Å². The molecule has 0 saturated carbocycles. The highest BCUT2D eigenvalue weighted by molar-refractivity contribution is 9.10. The molecule has 1 atom stereocenters. The van der Waals surface area contributed by atoms with Crippen molar-refractivity contribution in [3.63, 3.8) is 0 Å². The molecule has 0 aromatic heterocycles. The first-order valence-electron chi connectivity index (χ1n) is 5.98. The van der Waals surface area contributed by atoms with Crippen molar-refractivity contribution in [2.45, 2.75) is 13.0 Å². The van der Waals surface area contributed by atoms with Crippen LogP contribution in [0.2, 0.25) is 0 Å². The van der Waals surface area contributed by atoms with Crippen molar-refractivity contribution in [3.8, 4) is 5.75 Å². The van der Waals surface area contributed by atoms with E-state index < -0.39 is 0 Å². The van der Waals surface area contributed by atoms with Gasteiger partial charge in [-0.3, -0.25) is 4.79 Å². The molecule has 1 fully saturated rings. The quantitative estimate of drug-likeness (QED) is 0.907. The Kier molecular flexibility index (Phi) is 4.24. The largest absolute Gasteiger partial charge is 0.496 e. The van der Waals surface area contributed by atoms with Crippen molar-refractivity contribution in [1.82, 2.24) is 10.2 Å². The molecule has 0 unspecified atom stereocenters. The number of halogens is 1. The van der Waals surface area contributed by atoms with Gasteiger partial charge in [-0.1, -0.05) is 0 Å². The molecule has 0 aliphatic carbocycles. The Morgan fingerprint density at radius 2 is 2.33 bits per heavy atom. The first-order chi connectivity index (χ1) is 8.63. The van der Waals surface area contributed by atoms with E-state index in [1.54, 1.807) is 13.2 Å². The van der Waals surface area contributed by atoms with Crippen LogP contribution in [-0.4, -0.2) is 43.6 Å². The van der Waals surface area contributed by atoms with Crippen LogP contribution in [0.3, 0.4) is 0 Å². The summed E-state index contributed by atoms with van der Waals surface area (Å²) in [4.78, 5) is 14.3. The summed E-state index contributed by atoms with van der Waals surface area (Å²) in [6.45, 7) is 4.52. The topological polar surface area (TPSA) is 41.6 Å². The van der Waals surface area contributed by atoms with Gasteiger partial charge >= 0.3 is 0 Å². The Balaban J connectivity index is 2.20. The van der Waals surface area contributed by atoms with Gasteiger partial charge < -0.3 is 15.0 Å². The average Bonchev–Trinajstić information content (AvgIpc) is 2.38. The molecule has 1 amide bonds. The van der Waals surface area contributed by atoms with Crippen LogP contribution in [0, 0.1) is 0 Å². The van der Waals surface area contributed by atoms with Crippen LogP contribution >= 0.6 is 15.9 Å². The molecule has 1 N–H and O–H groups in total. The van der Waals surface area contributed by atoms with Crippen molar-refractivity contribution < 1.29 is 9.53 Å². The molecule has 2 rings (SSSR count). The summed E-state index contributed by atoms with van der Waals surface area (Å²) in [6, 6.07) is 5.66. The molecule has 1 aliphatic rings. The molecule has 1 aromatic carbocycles. The number of methoxy groups -OCH3 is 1. The second-order valence-electron chi connectivity index (χ2n) is 4.40. The zero-order valence-corrected chi connectivity index (χ0v) is 12.2. The third-order valence-electron chi connectivity index (χ3n) is 3.16. The molecular weight excluding hydrogens is 296 g/mol. The highest BCUT2D eigenvalue weighted by Crippen LogP contribution is 2.26. The maximum atomic E-state index is 12.4. The van der Waals surface area contributed by atoms with E-state index in [-0.39, 0.29) is 11.9 Å². The van der Waals surface area contributed by atoms with Crippen molar-refractivity contribution in [1.29, 1.82) is 0 Å². The van der Waals surface area contributed by atoms with E-state index in [2.05, 4.69) is 28.2 Å². The SMILES string of the molecule is COc1ccc(C(=O)N2CCNC[C@@H]2C)cc1Br. The van der Waals surface area contributed by atoms with Gasteiger partial charge in [0.1, 0.15) is 5.75 Å². The molecule has 0 spiro atoms. The number of hydrogen-bond acceptors (Lipinski definition) is 3. The van der Waals surface area contributed by atoms with Gasteiger partial charge in [0.25, 0.3) is 5.91 Å². The predicted molar refractivity (Wildman–Crippen MR) is 74.1 cm³/mol. The molecule has 1 saturated heterocycles. The van der Waals surface area contributed by atoms with Crippen LogP contribution in [0.5, 0.6) is 5.75 Å². The molecule has 5 heteroatoms. The van der Waals surface area contributed by atoms with Crippen molar-refractivity contribution in [3.05, 3.63) is 28.2 Å². The first kappa shape index (κ1) is 13.4. The third kappa shape index (κ3) is 2.67. The lowest BCUT2D eigenvalue weighted by Crippen LogP contribution is -2.52. The second-order valence-corrected chi connectivity index (χ2v) is 5.26. The molecule has 18 heavy (non-hydrogen) atoms. The van der Waals surface area contributed by atoms with Gasteiger partial charge in [-0.05, 0) is 41.1 Å². The van der Waals surface area contributed by atoms with Gasteiger partial charge in [0.2, 0.25) is 0 Å². The highest BCUT2D eigenvalue weighted by Gasteiger charge is 2.24. The van der Waals surface area contributed by atoms with E-state index in [0.717, 1.165) is 29.9 Å². The van der Waals surface area contributed by atoms with Crippen molar-refractivity contribution >= 4 is 21.8 Å². The normalized spacial score (nSPS) is 19.7. The van der Waals surface area contributed by atoms with E-state index in [4.69, 9.17) is 4.74 Å². The van der Waals surface area contributed by atoms with E-state index in [1.165, 1.54) is 0 Å². The summed E-state index contributed by atoms with van der Waals surface area (Å²) in [6.07, 6.45) is 0. The minimum atomic E-state index is 0.0763. The summed E-state index contributed by atoms with van der Waals surface area (Å²) in [5, 5.41) is 3.28. The minimum absolute atomic E-state index is 0.0763. The fourth-order valence-corrected chi connectivity index (χ4v) is 2.65. The lowest BCUT2D eigenvalue weighted by atomic mass is 10.1. The first-order valence-corrected chi connectivity index (χ1v) is 6.78. The van der Waals surface area contributed by atoms with E-state index in [0.29, 0.717) is 5.56 Å². The van der Waals surface area contributed by atoms with Crippen LogP contribution in [0.25, 0.3) is 0 Å². The maximum Gasteiger partial charge on any atom is 0.254 e. The molecule has 98 valence electrons. The number of carbonyl (C=O) groups excluding carboxylic acids is 1. The summed E-state index contributed by atoms with van der Waals surface area (Å²) >= 11 is 3.41. The van der Waals surface area contributed by atoms with Gasteiger partial charge in [-0.15, -0.1) is 0 Å². The second kappa shape index (κ2) is 5.71. The number of ether oxygens (including phenoxy) is 1. The van der Waals surface area contributed by atoms with Gasteiger partial charge in [-0.2, -0.15) is 0 Å². The average molecular weight is 313 g/mol. The fraction of sp³-hybridized carbons (Fsp3) is 0.462.